The largest absolute Gasteiger partial charge is 0.370 e. The second-order valence-electron chi connectivity index (χ2n) is 5.36. The number of nitrogens with zero attached hydrogens (tertiary/aromatic N) is 3. The lowest BCUT2D eigenvalue weighted by Gasteiger charge is -2.36. The van der Waals surface area contributed by atoms with Crippen LogP contribution in [0.15, 0.2) is 30.6 Å². The van der Waals surface area contributed by atoms with E-state index >= 15 is 0 Å². The van der Waals surface area contributed by atoms with Crippen LogP contribution in [0.5, 0.6) is 0 Å². The van der Waals surface area contributed by atoms with Crippen molar-refractivity contribution in [2.24, 2.45) is 0 Å². The molecular formula is C17H23N5OS. The van der Waals surface area contributed by atoms with E-state index in [1.54, 1.807) is 24.2 Å². The van der Waals surface area contributed by atoms with Gasteiger partial charge in [-0.05, 0) is 32.2 Å². The highest BCUT2D eigenvalue weighted by Gasteiger charge is 2.33. The molecule has 0 radical (unpaired) electrons. The van der Waals surface area contributed by atoms with Crippen LogP contribution < -0.4 is 10.6 Å². The summed E-state index contributed by atoms with van der Waals surface area (Å²) < 4.78 is 0. The van der Waals surface area contributed by atoms with Gasteiger partial charge in [-0.15, -0.1) is 11.8 Å². The number of rotatable bonds is 7. The molecule has 0 aliphatic carbocycles. The zero-order valence-electron chi connectivity index (χ0n) is 14.0. The van der Waals surface area contributed by atoms with E-state index in [4.69, 9.17) is 5.26 Å². The average molecular weight is 345 g/mol. The molecule has 2 rings (SSSR count). The average Bonchev–Trinajstić information content (AvgIpc) is 2.58. The first kappa shape index (κ1) is 18.1. The van der Waals surface area contributed by atoms with Crippen molar-refractivity contribution in [2.75, 3.05) is 29.5 Å². The predicted octanol–water partition coefficient (Wildman–Crippen LogP) is 2.69. The van der Waals surface area contributed by atoms with Crippen LogP contribution in [0.2, 0.25) is 0 Å². The fourth-order valence-electron chi connectivity index (χ4n) is 2.58. The number of hydrogen-bond donors (Lipinski definition) is 2. The second-order valence-corrected chi connectivity index (χ2v) is 6.53. The number of anilines is 2. The highest BCUT2D eigenvalue weighted by atomic mass is 32.2. The Hall–Kier alpha value is -2.20. The van der Waals surface area contributed by atoms with Crippen molar-refractivity contribution in [3.05, 3.63) is 30.6 Å². The Morgan fingerprint density at radius 2 is 2.38 bits per heavy atom. The SMILES string of the molecule is CCNc1cc(NC=CC2SCC(CC#N)N(CC)C2=O)ccn1. The first-order valence-corrected chi connectivity index (χ1v) is 9.16. The summed E-state index contributed by atoms with van der Waals surface area (Å²) in [5, 5.41) is 15.0. The molecule has 0 aromatic carbocycles. The Labute approximate surface area is 147 Å². The Bertz CT molecular complexity index is 628. The van der Waals surface area contributed by atoms with Gasteiger partial charge in [0, 0.05) is 36.8 Å². The van der Waals surface area contributed by atoms with Crippen LogP contribution in [-0.4, -0.2) is 45.9 Å². The molecule has 1 amide bonds. The van der Waals surface area contributed by atoms with Gasteiger partial charge in [-0.1, -0.05) is 0 Å². The van der Waals surface area contributed by atoms with Gasteiger partial charge in [0.15, 0.2) is 0 Å². The minimum atomic E-state index is -0.206. The van der Waals surface area contributed by atoms with Gasteiger partial charge in [-0.2, -0.15) is 5.26 Å². The first-order valence-electron chi connectivity index (χ1n) is 8.11. The summed E-state index contributed by atoms with van der Waals surface area (Å²) in [7, 11) is 0. The van der Waals surface area contributed by atoms with E-state index in [1.165, 1.54) is 0 Å². The van der Waals surface area contributed by atoms with Crippen LogP contribution in [0.1, 0.15) is 20.3 Å². The number of pyridine rings is 1. The van der Waals surface area contributed by atoms with Crippen molar-refractivity contribution >= 4 is 29.2 Å². The van der Waals surface area contributed by atoms with Gasteiger partial charge < -0.3 is 15.5 Å². The zero-order chi connectivity index (χ0) is 17.4. The molecule has 6 nitrogen and oxygen atoms in total. The molecule has 2 N–H and O–H groups in total. The molecule has 24 heavy (non-hydrogen) atoms. The number of amides is 1. The highest BCUT2D eigenvalue weighted by molar-refractivity contribution is 8.00. The molecule has 1 aromatic heterocycles. The van der Waals surface area contributed by atoms with E-state index in [0.29, 0.717) is 13.0 Å². The Kier molecular flexibility index (Phi) is 6.94. The Morgan fingerprint density at radius 1 is 1.54 bits per heavy atom. The van der Waals surface area contributed by atoms with Crippen LogP contribution in [0.3, 0.4) is 0 Å². The summed E-state index contributed by atoms with van der Waals surface area (Å²) >= 11 is 1.59. The summed E-state index contributed by atoms with van der Waals surface area (Å²) in [5.41, 5.74) is 0.917. The molecule has 1 aromatic rings. The number of nitriles is 1. The van der Waals surface area contributed by atoms with Crippen LogP contribution in [-0.2, 0) is 4.79 Å². The maximum absolute atomic E-state index is 12.5. The maximum Gasteiger partial charge on any atom is 0.239 e. The molecule has 0 saturated carbocycles. The quantitative estimate of drug-likeness (QED) is 0.791. The van der Waals surface area contributed by atoms with Crippen molar-refractivity contribution in [2.45, 2.75) is 31.6 Å². The van der Waals surface area contributed by atoms with Crippen molar-refractivity contribution in [1.29, 1.82) is 5.26 Å². The fourth-order valence-corrected chi connectivity index (χ4v) is 3.77. The summed E-state index contributed by atoms with van der Waals surface area (Å²) in [6.07, 6.45) is 5.82. The van der Waals surface area contributed by atoms with Gasteiger partial charge in [0.2, 0.25) is 5.91 Å². The van der Waals surface area contributed by atoms with Crippen LogP contribution in [0.4, 0.5) is 11.5 Å². The minimum absolute atomic E-state index is 0.0259. The summed E-state index contributed by atoms with van der Waals surface area (Å²) in [6, 6.07) is 5.99. The van der Waals surface area contributed by atoms with Crippen LogP contribution in [0.25, 0.3) is 0 Å². The molecule has 1 saturated heterocycles. The highest BCUT2D eigenvalue weighted by Crippen LogP contribution is 2.27. The Balaban J connectivity index is 1.96. The minimum Gasteiger partial charge on any atom is -0.370 e. The predicted molar refractivity (Wildman–Crippen MR) is 98.8 cm³/mol. The van der Waals surface area contributed by atoms with E-state index < -0.39 is 0 Å². The van der Waals surface area contributed by atoms with E-state index in [2.05, 4.69) is 21.7 Å². The van der Waals surface area contributed by atoms with E-state index in [1.807, 2.05) is 37.0 Å². The molecule has 7 heteroatoms. The third-order valence-electron chi connectivity index (χ3n) is 3.74. The molecule has 0 bridgehead atoms. The lowest BCUT2D eigenvalue weighted by atomic mass is 10.2. The molecule has 0 spiro atoms. The number of carbonyl (C=O) groups is 1. The third-order valence-corrected chi connectivity index (χ3v) is 5.04. The molecule has 2 heterocycles. The summed E-state index contributed by atoms with van der Waals surface area (Å²) in [4.78, 5) is 18.5. The van der Waals surface area contributed by atoms with Crippen molar-refractivity contribution < 1.29 is 4.79 Å². The fraction of sp³-hybridized carbons (Fsp3) is 0.471. The molecular weight excluding hydrogens is 322 g/mol. The van der Waals surface area contributed by atoms with Gasteiger partial charge in [0.1, 0.15) is 11.1 Å². The lowest BCUT2D eigenvalue weighted by molar-refractivity contribution is -0.131. The van der Waals surface area contributed by atoms with Gasteiger partial charge >= 0.3 is 0 Å². The summed E-state index contributed by atoms with van der Waals surface area (Å²) in [6.45, 7) is 5.43. The number of carbonyl (C=O) groups excluding carboxylic acids is 1. The van der Waals surface area contributed by atoms with E-state index in [9.17, 15) is 4.79 Å². The molecule has 2 atom stereocenters. The van der Waals surface area contributed by atoms with Crippen molar-refractivity contribution in [1.82, 2.24) is 9.88 Å². The zero-order valence-corrected chi connectivity index (χ0v) is 14.8. The first-order chi connectivity index (χ1) is 11.7. The number of thioether (sulfide) groups is 1. The molecule has 1 aliphatic rings. The van der Waals surface area contributed by atoms with Crippen LogP contribution in [0, 0.1) is 11.3 Å². The maximum atomic E-state index is 12.5. The molecule has 1 aliphatic heterocycles. The summed E-state index contributed by atoms with van der Waals surface area (Å²) in [5.74, 6) is 1.69. The third kappa shape index (κ3) is 4.65. The smallest absolute Gasteiger partial charge is 0.239 e. The van der Waals surface area contributed by atoms with Gasteiger partial charge in [0.25, 0.3) is 0 Å². The molecule has 1 fully saturated rings. The van der Waals surface area contributed by atoms with E-state index in [0.717, 1.165) is 23.8 Å². The van der Waals surface area contributed by atoms with Crippen molar-refractivity contribution in [3.63, 3.8) is 0 Å². The molecule has 128 valence electrons. The van der Waals surface area contributed by atoms with Gasteiger partial charge in [-0.25, -0.2) is 4.98 Å². The van der Waals surface area contributed by atoms with Gasteiger partial charge in [-0.3, -0.25) is 4.79 Å². The van der Waals surface area contributed by atoms with Crippen LogP contribution >= 0.6 is 11.8 Å². The standard InChI is InChI=1S/C17H23N5OS/c1-3-19-16-11-13(6-9-21-16)20-10-7-15-17(23)22(4-2)14(5-8-18)12-24-15/h6-7,9-11,14-15H,3-5,12H2,1-2H3,(H2,19,20,21). The van der Waals surface area contributed by atoms with E-state index in [-0.39, 0.29) is 17.2 Å². The second kappa shape index (κ2) is 9.18. The number of nitrogens with one attached hydrogen (secondary N) is 2. The molecule has 2 unspecified atom stereocenters. The topological polar surface area (TPSA) is 81.0 Å². The Morgan fingerprint density at radius 3 is 3.08 bits per heavy atom. The normalized spacial score (nSPS) is 20.9. The monoisotopic (exact) mass is 345 g/mol. The van der Waals surface area contributed by atoms with Gasteiger partial charge in [0.05, 0.1) is 18.5 Å². The lowest BCUT2D eigenvalue weighted by Crippen LogP contribution is -2.49. The number of hydrogen-bond acceptors (Lipinski definition) is 6. The number of aromatic nitrogens is 1. The van der Waals surface area contributed by atoms with Crippen molar-refractivity contribution in [3.8, 4) is 6.07 Å².